The Kier molecular flexibility index (Phi) is 3.78. The fraction of sp³-hybridized carbons (Fsp3) is 0.667. The highest BCUT2D eigenvalue weighted by Crippen LogP contribution is 2.36. The molecular formula is C15H22N2OS. The molecule has 0 saturated carbocycles. The van der Waals surface area contributed by atoms with Crippen LogP contribution in [0.3, 0.4) is 0 Å². The summed E-state index contributed by atoms with van der Waals surface area (Å²) in [7, 11) is 0. The SMILES string of the molecule is CCN1CCCc2cc(C(=O)N3CCCCC3)sc21. The van der Waals surface area contributed by atoms with E-state index in [1.54, 1.807) is 11.3 Å². The van der Waals surface area contributed by atoms with Crippen LogP contribution in [0.5, 0.6) is 0 Å². The van der Waals surface area contributed by atoms with E-state index in [1.807, 2.05) is 4.90 Å². The zero-order valence-corrected chi connectivity index (χ0v) is 12.5. The molecule has 1 amide bonds. The number of hydrogen-bond acceptors (Lipinski definition) is 3. The van der Waals surface area contributed by atoms with Crippen LogP contribution >= 0.6 is 11.3 Å². The van der Waals surface area contributed by atoms with Crippen molar-refractivity contribution in [2.24, 2.45) is 0 Å². The van der Waals surface area contributed by atoms with Crippen molar-refractivity contribution in [1.29, 1.82) is 0 Å². The van der Waals surface area contributed by atoms with Gasteiger partial charge in [-0.1, -0.05) is 0 Å². The maximum absolute atomic E-state index is 12.5. The van der Waals surface area contributed by atoms with Crippen molar-refractivity contribution in [2.75, 3.05) is 31.1 Å². The summed E-state index contributed by atoms with van der Waals surface area (Å²) in [5.74, 6) is 0.259. The van der Waals surface area contributed by atoms with Crippen LogP contribution in [0.4, 0.5) is 5.00 Å². The maximum atomic E-state index is 12.5. The Morgan fingerprint density at radius 1 is 1.21 bits per heavy atom. The monoisotopic (exact) mass is 278 g/mol. The highest BCUT2D eigenvalue weighted by atomic mass is 32.1. The Bertz CT molecular complexity index is 463. The van der Waals surface area contributed by atoms with Gasteiger partial charge >= 0.3 is 0 Å². The first-order valence-electron chi connectivity index (χ1n) is 7.46. The van der Waals surface area contributed by atoms with Crippen molar-refractivity contribution in [3.8, 4) is 0 Å². The van der Waals surface area contributed by atoms with Crippen molar-refractivity contribution >= 4 is 22.2 Å². The van der Waals surface area contributed by atoms with Gasteiger partial charge in [0.15, 0.2) is 0 Å². The van der Waals surface area contributed by atoms with E-state index in [-0.39, 0.29) is 5.91 Å². The number of nitrogens with zero attached hydrogens (tertiary/aromatic N) is 2. The number of anilines is 1. The standard InChI is InChI=1S/C15H22N2OS/c1-2-16-10-6-7-12-11-13(19-15(12)16)14(18)17-8-4-3-5-9-17/h11H,2-10H2,1H3. The molecule has 3 nitrogen and oxygen atoms in total. The molecule has 0 N–H and O–H groups in total. The highest BCUT2D eigenvalue weighted by Gasteiger charge is 2.24. The molecule has 1 fully saturated rings. The first-order valence-corrected chi connectivity index (χ1v) is 8.28. The van der Waals surface area contributed by atoms with E-state index in [4.69, 9.17) is 0 Å². The van der Waals surface area contributed by atoms with Crippen LogP contribution in [0.1, 0.15) is 47.8 Å². The second kappa shape index (κ2) is 5.53. The van der Waals surface area contributed by atoms with Crippen molar-refractivity contribution in [2.45, 2.75) is 39.0 Å². The Balaban J connectivity index is 1.81. The van der Waals surface area contributed by atoms with E-state index in [0.717, 1.165) is 50.3 Å². The summed E-state index contributed by atoms with van der Waals surface area (Å²) in [5.41, 5.74) is 1.39. The maximum Gasteiger partial charge on any atom is 0.264 e. The molecule has 0 spiro atoms. The van der Waals surface area contributed by atoms with Gasteiger partial charge in [-0.25, -0.2) is 0 Å². The average molecular weight is 278 g/mol. The lowest BCUT2D eigenvalue weighted by atomic mass is 10.1. The van der Waals surface area contributed by atoms with Crippen molar-refractivity contribution in [3.05, 3.63) is 16.5 Å². The molecule has 1 saturated heterocycles. The predicted octanol–water partition coefficient (Wildman–Crippen LogP) is 3.15. The summed E-state index contributed by atoms with van der Waals surface area (Å²) in [5, 5.41) is 1.34. The molecule has 0 radical (unpaired) electrons. The van der Waals surface area contributed by atoms with E-state index in [1.165, 1.54) is 23.4 Å². The van der Waals surface area contributed by atoms with Gasteiger partial charge in [-0.2, -0.15) is 0 Å². The number of piperidine rings is 1. The van der Waals surface area contributed by atoms with Gasteiger partial charge in [0.2, 0.25) is 0 Å². The van der Waals surface area contributed by atoms with Gasteiger partial charge in [0.1, 0.15) is 0 Å². The molecule has 0 aromatic carbocycles. The van der Waals surface area contributed by atoms with Gasteiger partial charge in [0.25, 0.3) is 5.91 Å². The Morgan fingerprint density at radius 3 is 2.74 bits per heavy atom. The zero-order valence-electron chi connectivity index (χ0n) is 11.7. The normalized spacial score (nSPS) is 19.4. The zero-order chi connectivity index (χ0) is 13.2. The largest absolute Gasteiger partial charge is 0.363 e. The number of likely N-dealkylation sites (tertiary alicyclic amines) is 1. The Morgan fingerprint density at radius 2 is 2.00 bits per heavy atom. The third-order valence-electron chi connectivity index (χ3n) is 4.18. The minimum Gasteiger partial charge on any atom is -0.363 e. The van der Waals surface area contributed by atoms with E-state index >= 15 is 0 Å². The minimum absolute atomic E-state index is 0.259. The molecule has 2 aliphatic rings. The summed E-state index contributed by atoms with van der Waals surface area (Å²) >= 11 is 1.70. The lowest BCUT2D eigenvalue weighted by molar-refractivity contribution is 0.0729. The quantitative estimate of drug-likeness (QED) is 0.829. The lowest BCUT2D eigenvalue weighted by Crippen LogP contribution is -2.35. The van der Waals surface area contributed by atoms with Crippen molar-refractivity contribution in [3.63, 3.8) is 0 Å². The number of hydrogen-bond donors (Lipinski definition) is 0. The second-order valence-electron chi connectivity index (χ2n) is 5.48. The summed E-state index contributed by atoms with van der Waals surface area (Å²) in [6.45, 7) is 6.27. The van der Waals surface area contributed by atoms with Crippen LogP contribution in [-0.2, 0) is 6.42 Å². The van der Waals surface area contributed by atoms with E-state index in [2.05, 4.69) is 17.9 Å². The number of rotatable bonds is 2. The van der Waals surface area contributed by atoms with E-state index in [0.29, 0.717) is 0 Å². The third-order valence-corrected chi connectivity index (χ3v) is 5.41. The Labute approximate surface area is 119 Å². The van der Waals surface area contributed by atoms with Crippen LogP contribution in [0.25, 0.3) is 0 Å². The Hall–Kier alpha value is -1.03. The summed E-state index contributed by atoms with van der Waals surface area (Å²) in [4.78, 5) is 17.9. The summed E-state index contributed by atoms with van der Waals surface area (Å²) < 4.78 is 0. The van der Waals surface area contributed by atoms with Crippen LogP contribution < -0.4 is 4.90 Å². The van der Waals surface area contributed by atoms with E-state index < -0.39 is 0 Å². The molecule has 2 aliphatic heterocycles. The molecule has 3 heterocycles. The summed E-state index contributed by atoms with van der Waals surface area (Å²) in [6, 6.07) is 2.15. The van der Waals surface area contributed by atoms with Gasteiger partial charge in [-0.15, -0.1) is 11.3 Å². The number of amides is 1. The molecule has 19 heavy (non-hydrogen) atoms. The average Bonchev–Trinajstić information content (AvgIpc) is 2.91. The third kappa shape index (κ3) is 2.50. The van der Waals surface area contributed by atoms with Gasteiger partial charge in [-0.3, -0.25) is 4.79 Å². The van der Waals surface area contributed by atoms with Gasteiger partial charge in [0.05, 0.1) is 9.88 Å². The molecule has 3 rings (SSSR count). The topological polar surface area (TPSA) is 23.6 Å². The molecule has 0 bridgehead atoms. The fourth-order valence-electron chi connectivity index (χ4n) is 3.09. The first-order chi connectivity index (χ1) is 9.29. The molecule has 1 aromatic rings. The smallest absolute Gasteiger partial charge is 0.264 e. The molecule has 0 unspecified atom stereocenters. The molecule has 0 aliphatic carbocycles. The van der Waals surface area contributed by atoms with Crippen molar-refractivity contribution < 1.29 is 4.79 Å². The number of carbonyl (C=O) groups excluding carboxylic acids is 1. The molecule has 1 aromatic heterocycles. The number of carbonyl (C=O) groups is 1. The van der Waals surface area contributed by atoms with Crippen LogP contribution in [0.2, 0.25) is 0 Å². The molecule has 104 valence electrons. The number of fused-ring (bicyclic) bond motifs is 1. The lowest BCUT2D eigenvalue weighted by Gasteiger charge is -2.27. The van der Waals surface area contributed by atoms with Gasteiger partial charge < -0.3 is 9.80 Å². The van der Waals surface area contributed by atoms with Crippen LogP contribution in [0.15, 0.2) is 6.07 Å². The molecule has 0 atom stereocenters. The van der Waals surface area contributed by atoms with Crippen molar-refractivity contribution in [1.82, 2.24) is 4.90 Å². The minimum atomic E-state index is 0.259. The van der Waals surface area contributed by atoms with Crippen LogP contribution in [-0.4, -0.2) is 37.0 Å². The molecular weight excluding hydrogens is 256 g/mol. The highest BCUT2D eigenvalue weighted by molar-refractivity contribution is 7.18. The number of aryl methyl sites for hydroxylation is 1. The summed E-state index contributed by atoms with van der Waals surface area (Å²) in [6.07, 6.45) is 5.95. The fourth-order valence-corrected chi connectivity index (χ4v) is 4.36. The van der Waals surface area contributed by atoms with Gasteiger partial charge in [-0.05, 0) is 50.7 Å². The first kappa shape index (κ1) is 13.0. The van der Waals surface area contributed by atoms with Crippen LogP contribution in [0, 0.1) is 0 Å². The predicted molar refractivity (Wildman–Crippen MR) is 80.3 cm³/mol. The van der Waals surface area contributed by atoms with Gasteiger partial charge in [0, 0.05) is 26.2 Å². The molecule has 4 heteroatoms. The number of thiophene rings is 1. The second-order valence-corrected chi connectivity index (χ2v) is 6.51. The van der Waals surface area contributed by atoms with E-state index in [9.17, 15) is 4.79 Å².